The van der Waals surface area contributed by atoms with Gasteiger partial charge in [0.1, 0.15) is 24.0 Å². The Morgan fingerprint density at radius 2 is 2.17 bits per heavy atom. The summed E-state index contributed by atoms with van der Waals surface area (Å²) in [5, 5.41) is 16.5. The number of carbonyl (C=O) groups excluding carboxylic acids is 2. The van der Waals surface area contributed by atoms with E-state index in [0.717, 1.165) is 4.68 Å². The summed E-state index contributed by atoms with van der Waals surface area (Å²) in [6.07, 6.45) is 4.50. The van der Waals surface area contributed by atoms with Crippen LogP contribution in [0, 0.1) is 17.8 Å². The van der Waals surface area contributed by atoms with Gasteiger partial charge < -0.3 is 20.1 Å². The van der Waals surface area contributed by atoms with Crippen LogP contribution in [0.1, 0.15) is 30.5 Å². The number of aliphatic hydroxyl groups is 1. The van der Waals surface area contributed by atoms with E-state index in [2.05, 4.69) is 27.2 Å². The molecule has 35 heavy (non-hydrogen) atoms. The van der Waals surface area contributed by atoms with Crippen molar-refractivity contribution in [2.45, 2.75) is 31.9 Å². The van der Waals surface area contributed by atoms with Crippen molar-refractivity contribution in [3.63, 3.8) is 0 Å². The van der Waals surface area contributed by atoms with Gasteiger partial charge in [0, 0.05) is 37.0 Å². The van der Waals surface area contributed by atoms with Crippen molar-refractivity contribution in [1.82, 2.24) is 20.1 Å². The summed E-state index contributed by atoms with van der Waals surface area (Å²) in [5.41, 5.74) is 0.934. The Kier molecular flexibility index (Phi) is 6.53. The lowest BCUT2D eigenvalue weighted by Gasteiger charge is -2.20. The second-order valence-electron chi connectivity index (χ2n) is 8.63. The van der Waals surface area contributed by atoms with Crippen LogP contribution in [0.4, 0.5) is 14.9 Å². The number of nitrogens with one attached hydrogen (secondary N) is 1. The summed E-state index contributed by atoms with van der Waals surface area (Å²) in [6.45, 7) is 3.08. The molecule has 1 atom stereocenters. The molecule has 1 aliphatic rings. The number of rotatable bonds is 3. The number of nitrogens with zero attached hydrogens (tertiary/aromatic N) is 4. The average Bonchev–Trinajstić information content (AvgIpc) is 3.25. The van der Waals surface area contributed by atoms with Gasteiger partial charge in [-0.1, -0.05) is 17.9 Å². The first-order chi connectivity index (χ1) is 16.6. The number of hydrogen-bond donors (Lipinski definition) is 2. The number of aromatic nitrogens is 3. The standard InChI is InChI=1S/C25H24FN5O4/c1-25(2,34)9-8-16-6-7-21-20(12-16)30(3)23(32)19(15-35-21)29-24(33)31-14-17(13-28-31)11-18-5-4-10-27-22(18)26/h4-7,10,12-14,19,34H,11,15H2,1-3H3,(H,29,33). The smallest absolute Gasteiger partial charge is 0.342 e. The lowest BCUT2D eigenvalue weighted by atomic mass is 10.1. The molecule has 0 fully saturated rings. The third-order valence-corrected chi connectivity index (χ3v) is 5.24. The zero-order valence-electron chi connectivity index (χ0n) is 19.4. The van der Waals surface area contributed by atoms with Gasteiger partial charge in [0.2, 0.25) is 5.95 Å². The number of likely N-dealkylation sites (N-methyl/N-ethyl adjacent to an activating group) is 1. The molecule has 0 saturated heterocycles. The number of fused-ring (bicyclic) bond motifs is 1. The highest BCUT2D eigenvalue weighted by atomic mass is 19.1. The van der Waals surface area contributed by atoms with E-state index in [1.54, 1.807) is 51.2 Å². The third-order valence-electron chi connectivity index (χ3n) is 5.24. The molecule has 9 nitrogen and oxygen atoms in total. The van der Waals surface area contributed by atoms with Crippen molar-refractivity contribution in [3.05, 3.63) is 71.6 Å². The van der Waals surface area contributed by atoms with Crippen LogP contribution in [0.3, 0.4) is 0 Å². The lowest BCUT2D eigenvalue weighted by Crippen LogP contribution is -2.50. The van der Waals surface area contributed by atoms with Gasteiger partial charge in [-0.15, -0.1) is 0 Å². The molecule has 180 valence electrons. The highest BCUT2D eigenvalue weighted by molar-refractivity contribution is 6.00. The first-order valence-electron chi connectivity index (χ1n) is 10.8. The second-order valence-corrected chi connectivity index (χ2v) is 8.63. The van der Waals surface area contributed by atoms with E-state index >= 15 is 0 Å². The molecule has 2 N–H and O–H groups in total. The Bertz CT molecular complexity index is 1340. The molecule has 0 saturated carbocycles. The average molecular weight is 477 g/mol. The van der Waals surface area contributed by atoms with E-state index in [1.807, 2.05) is 0 Å². The summed E-state index contributed by atoms with van der Waals surface area (Å²) in [4.78, 5) is 30.8. The number of benzene rings is 1. The van der Waals surface area contributed by atoms with Gasteiger partial charge in [0.05, 0.1) is 11.9 Å². The Morgan fingerprint density at radius 1 is 1.37 bits per heavy atom. The van der Waals surface area contributed by atoms with Crippen molar-refractivity contribution in [3.8, 4) is 17.6 Å². The van der Waals surface area contributed by atoms with Gasteiger partial charge in [-0.3, -0.25) is 4.79 Å². The highest BCUT2D eigenvalue weighted by Gasteiger charge is 2.31. The fraction of sp³-hybridized carbons (Fsp3) is 0.280. The maximum absolute atomic E-state index is 13.8. The zero-order chi connectivity index (χ0) is 25.2. The third kappa shape index (κ3) is 5.65. The fourth-order valence-electron chi connectivity index (χ4n) is 3.45. The molecule has 0 radical (unpaired) electrons. The second kappa shape index (κ2) is 9.56. The van der Waals surface area contributed by atoms with Crippen LogP contribution in [-0.2, 0) is 11.2 Å². The molecule has 0 aliphatic carbocycles. The predicted molar refractivity (Wildman–Crippen MR) is 125 cm³/mol. The largest absolute Gasteiger partial charge is 0.489 e. The number of ether oxygens (including phenoxy) is 1. The van der Waals surface area contributed by atoms with Crippen LogP contribution in [0.25, 0.3) is 0 Å². The summed E-state index contributed by atoms with van der Waals surface area (Å²) in [7, 11) is 1.58. The maximum atomic E-state index is 13.8. The van der Waals surface area contributed by atoms with Gasteiger partial charge in [-0.05, 0) is 43.7 Å². The molecule has 4 rings (SSSR count). The highest BCUT2D eigenvalue weighted by Crippen LogP contribution is 2.31. The normalized spacial score (nSPS) is 15.4. The van der Waals surface area contributed by atoms with Crippen LogP contribution in [0.5, 0.6) is 5.75 Å². The van der Waals surface area contributed by atoms with Crippen molar-refractivity contribution in [1.29, 1.82) is 0 Å². The van der Waals surface area contributed by atoms with E-state index in [1.165, 1.54) is 23.5 Å². The van der Waals surface area contributed by atoms with Crippen LogP contribution < -0.4 is 15.0 Å². The van der Waals surface area contributed by atoms with Crippen molar-refractivity contribution in [2.24, 2.45) is 0 Å². The molecule has 2 aromatic heterocycles. The number of halogens is 1. The van der Waals surface area contributed by atoms with Crippen LogP contribution in [-0.4, -0.2) is 57.1 Å². The molecular formula is C25H24FN5O4. The quantitative estimate of drug-likeness (QED) is 0.442. The van der Waals surface area contributed by atoms with E-state index in [0.29, 0.717) is 28.1 Å². The molecule has 2 amide bonds. The number of carbonyl (C=O) groups is 2. The molecule has 10 heteroatoms. The van der Waals surface area contributed by atoms with Crippen molar-refractivity contribution >= 4 is 17.6 Å². The van der Waals surface area contributed by atoms with Crippen molar-refractivity contribution in [2.75, 3.05) is 18.6 Å². The summed E-state index contributed by atoms with van der Waals surface area (Å²) in [6, 6.07) is 6.75. The number of anilines is 1. The Balaban J connectivity index is 1.46. The van der Waals surface area contributed by atoms with Gasteiger partial charge in [-0.25, -0.2) is 9.78 Å². The minimum Gasteiger partial charge on any atom is -0.489 e. The van der Waals surface area contributed by atoms with Gasteiger partial charge in [0.25, 0.3) is 5.91 Å². The van der Waals surface area contributed by atoms with E-state index in [-0.39, 0.29) is 18.9 Å². The first-order valence-corrected chi connectivity index (χ1v) is 10.8. The molecule has 1 aliphatic heterocycles. The van der Waals surface area contributed by atoms with Crippen LogP contribution >= 0.6 is 0 Å². The fourth-order valence-corrected chi connectivity index (χ4v) is 3.45. The van der Waals surface area contributed by atoms with E-state index in [9.17, 15) is 19.1 Å². The minimum absolute atomic E-state index is 0.0777. The van der Waals surface area contributed by atoms with Crippen LogP contribution in [0.2, 0.25) is 0 Å². The summed E-state index contributed by atoms with van der Waals surface area (Å²) in [5.74, 6) is 5.11. The van der Waals surface area contributed by atoms with E-state index < -0.39 is 23.6 Å². The first kappa shape index (κ1) is 23.9. The minimum atomic E-state index is -1.15. The summed E-state index contributed by atoms with van der Waals surface area (Å²) < 4.78 is 20.6. The Hall–Kier alpha value is -4.23. The van der Waals surface area contributed by atoms with Crippen LogP contribution in [0.15, 0.2) is 48.9 Å². The monoisotopic (exact) mass is 477 g/mol. The molecule has 0 spiro atoms. The SMILES string of the molecule is CN1C(=O)C(NC(=O)n2cc(Cc3cccnc3F)cn2)COc2ccc(C#CC(C)(C)O)cc21. The zero-order valence-corrected chi connectivity index (χ0v) is 19.4. The summed E-state index contributed by atoms with van der Waals surface area (Å²) >= 11 is 0. The molecule has 3 heterocycles. The van der Waals surface area contributed by atoms with Gasteiger partial charge in [0.15, 0.2) is 0 Å². The number of amides is 2. The Labute approximate surface area is 201 Å². The number of pyridine rings is 1. The van der Waals surface area contributed by atoms with E-state index in [4.69, 9.17) is 4.74 Å². The maximum Gasteiger partial charge on any atom is 0.342 e. The molecular weight excluding hydrogens is 453 g/mol. The molecule has 0 bridgehead atoms. The topological polar surface area (TPSA) is 110 Å². The van der Waals surface area contributed by atoms with Gasteiger partial charge >= 0.3 is 6.03 Å². The number of hydrogen-bond acceptors (Lipinski definition) is 6. The lowest BCUT2D eigenvalue weighted by molar-refractivity contribution is -0.120. The molecule has 1 aromatic carbocycles. The molecule has 1 unspecified atom stereocenters. The molecule has 3 aromatic rings. The van der Waals surface area contributed by atoms with Crippen molar-refractivity contribution < 1.29 is 23.8 Å². The van der Waals surface area contributed by atoms with Gasteiger partial charge in [-0.2, -0.15) is 14.2 Å². The predicted octanol–water partition coefficient (Wildman–Crippen LogP) is 2.11. The Morgan fingerprint density at radius 3 is 2.91 bits per heavy atom.